The Balaban J connectivity index is 2.47. The summed E-state index contributed by atoms with van der Waals surface area (Å²) < 4.78 is 0. The summed E-state index contributed by atoms with van der Waals surface area (Å²) in [6.45, 7) is 10.1. The second-order valence-corrected chi connectivity index (χ2v) is 4.30. The van der Waals surface area contributed by atoms with Crippen molar-refractivity contribution in [1.29, 1.82) is 0 Å². The van der Waals surface area contributed by atoms with Crippen LogP contribution >= 0.6 is 0 Å². The summed E-state index contributed by atoms with van der Waals surface area (Å²) in [6, 6.07) is 0. The van der Waals surface area contributed by atoms with Crippen molar-refractivity contribution < 1.29 is 4.79 Å². The standard InChI is InChI=1S/C12H15BO/c1-7-6-10-9(4-5-11(10)14)8(2)12(7)13-3/h6,8-9H,3-5H2,1-2H3. The number of carbonyl (C=O) groups is 1. The first-order valence-electron chi connectivity index (χ1n) is 5.23. The molecule has 2 aliphatic rings. The number of ketones is 1. The molecule has 2 rings (SSSR count). The van der Waals surface area contributed by atoms with Crippen molar-refractivity contribution in [1.82, 2.24) is 0 Å². The monoisotopic (exact) mass is 186 g/mol. The number of carbonyl (C=O) groups excluding carboxylic acids is 1. The quantitative estimate of drug-likeness (QED) is 0.572. The van der Waals surface area contributed by atoms with Gasteiger partial charge in [-0.2, -0.15) is 0 Å². The van der Waals surface area contributed by atoms with E-state index in [2.05, 4.69) is 26.4 Å². The minimum absolute atomic E-state index is 0.351. The van der Waals surface area contributed by atoms with Crippen molar-refractivity contribution in [3.8, 4) is 0 Å². The Bertz CT molecular complexity index is 363. The van der Waals surface area contributed by atoms with E-state index in [0.717, 1.165) is 18.4 Å². The van der Waals surface area contributed by atoms with E-state index in [1.54, 1.807) is 0 Å². The van der Waals surface area contributed by atoms with Gasteiger partial charge in [0.15, 0.2) is 0 Å². The molecule has 0 heterocycles. The molecule has 2 aliphatic carbocycles. The maximum absolute atomic E-state index is 11.6. The zero-order valence-electron chi connectivity index (χ0n) is 8.84. The van der Waals surface area contributed by atoms with Gasteiger partial charge in [0, 0.05) is 0 Å². The Kier molecular flexibility index (Phi) is 2.30. The predicted molar refractivity (Wildman–Crippen MR) is 60.6 cm³/mol. The molecule has 1 fully saturated rings. The van der Waals surface area contributed by atoms with Gasteiger partial charge in [-0.05, 0) is 0 Å². The van der Waals surface area contributed by atoms with E-state index in [9.17, 15) is 4.79 Å². The SMILES string of the molecule is C=BC1=C(C)C=C2C(=O)CCC2C1C. The first-order valence-corrected chi connectivity index (χ1v) is 5.23. The Labute approximate surface area is 85.8 Å². The van der Waals surface area contributed by atoms with Crippen LogP contribution < -0.4 is 0 Å². The van der Waals surface area contributed by atoms with Crippen molar-refractivity contribution in [2.75, 3.05) is 0 Å². The van der Waals surface area contributed by atoms with Gasteiger partial charge in [-0.15, -0.1) is 0 Å². The van der Waals surface area contributed by atoms with Gasteiger partial charge in [0.1, 0.15) is 0 Å². The molecule has 14 heavy (non-hydrogen) atoms. The first kappa shape index (κ1) is 9.63. The number of rotatable bonds is 1. The normalized spacial score (nSPS) is 31.3. The van der Waals surface area contributed by atoms with Gasteiger partial charge in [-0.3, -0.25) is 0 Å². The van der Waals surface area contributed by atoms with E-state index in [1.165, 1.54) is 11.0 Å². The summed E-state index contributed by atoms with van der Waals surface area (Å²) in [4.78, 5) is 11.6. The molecule has 0 spiro atoms. The second-order valence-electron chi connectivity index (χ2n) is 4.30. The fraction of sp³-hybridized carbons (Fsp3) is 0.500. The molecule has 0 aromatic rings. The fourth-order valence-electron chi connectivity index (χ4n) is 2.74. The van der Waals surface area contributed by atoms with Crippen molar-refractivity contribution in [3.05, 3.63) is 22.7 Å². The number of fused-ring (bicyclic) bond motifs is 1. The summed E-state index contributed by atoms with van der Waals surface area (Å²) in [5.74, 6) is 1.28. The first-order chi connectivity index (χ1) is 6.65. The molecule has 2 atom stereocenters. The van der Waals surface area contributed by atoms with Crippen LogP contribution in [0.4, 0.5) is 0 Å². The van der Waals surface area contributed by atoms with Crippen LogP contribution in [0.25, 0.3) is 0 Å². The predicted octanol–water partition coefficient (Wildman–Crippen LogP) is 1.95. The van der Waals surface area contributed by atoms with Crippen LogP contribution in [0.5, 0.6) is 0 Å². The van der Waals surface area contributed by atoms with Crippen molar-refractivity contribution in [2.24, 2.45) is 11.8 Å². The van der Waals surface area contributed by atoms with E-state index in [0.29, 0.717) is 17.6 Å². The van der Waals surface area contributed by atoms with E-state index in [1.807, 2.05) is 6.92 Å². The van der Waals surface area contributed by atoms with Crippen molar-refractivity contribution in [3.63, 3.8) is 0 Å². The minimum atomic E-state index is 0.351. The van der Waals surface area contributed by atoms with E-state index in [4.69, 9.17) is 0 Å². The van der Waals surface area contributed by atoms with Gasteiger partial charge in [0.2, 0.25) is 0 Å². The third-order valence-corrected chi connectivity index (χ3v) is 3.55. The molecule has 0 aliphatic heterocycles. The van der Waals surface area contributed by atoms with Gasteiger partial charge in [0.25, 0.3) is 0 Å². The molecule has 0 radical (unpaired) electrons. The van der Waals surface area contributed by atoms with E-state index < -0.39 is 0 Å². The van der Waals surface area contributed by atoms with Crippen molar-refractivity contribution in [2.45, 2.75) is 26.7 Å². The summed E-state index contributed by atoms with van der Waals surface area (Å²) >= 11 is 0. The maximum atomic E-state index is 11.6. The molecular weight excluding hydrogens is 171 g/mol. The van der Waals surface area contributed by atoms with Crippen LogP contribution in [0.15, 0.2) is 22.7 Å². The Morgan fingerprint density at radius 1 is 1.57 bits per heavy atom. The van der Waals surface area contributed by atoms with Gasteiger partial charge < -0.3 is 0 Å². The summed E-state index contributed by atoms with van der Waals surface area (Å²) in [5, 5.41) is 0. The summed E-state index contributed by atoms with van der Waals surface area (Å²) in [5.41, 5.74) is 3.59. The van der Waals surface area contributed by atoms with Crippen LogP contribution in [0.3, 0.4) is 0 Å². The van der Waals surface area contributed by atoms with Crippen LogP contribution in [0.2, 0.25) is 0 Å². The van der Waals surface area contributed by atoms with E-state index >= 15 is 0 Å². The Morgan fingerprint density at radius 2 is 2.29 bits per heavy atom. The molecule has 0 amide bonds. The molecule has 72 valence electrons. The summed E-state index contributed by atoms with van der Waals surface area (Å²) in [7, 11) is 0. The van der Waals surface area contributed by atoms with Crippen LogP contribution in [-0.2, 0) is 4.79 Å². The molecule has 0 saturated heterocycles. The van der Waals surface area contributed by atoms with E-state index in [-0.39, 0.29) is 0 Å². The molecule has 1 nitrogen and oxygen atoms in total. The molecule has 0 aromatic heterocycles. The molecular formula is C12H15BO. The van der Waals surface area contributed by atoms with Crippen LogP contribution in [-0.4, -0.2) is 19.2 Å². The third kappa shape index (κ3) is 1.25. The molecule has 0 aromatic carbocycles. The number of hydrogen-bond acceptors (Lipinski definition) is 1. The summed E-state index contributed by atoms with van der Waals surface area (Å²) in [6.07, 6.45) is 3.83. The molecule has 0 N–H and O–H groups in total. The average Bonchev–Trinajstić information content (AvgIpc) is 2.49. The molecule has 2 heteroatoms. The molecule has 1 saturated carbocycles. The van der Waals surface area contributed by atoms with Crippen molar-refractivity contribution >= 4 is 19.2 Å². The van der Waals surface area contributed by atoms with Gasteiger partial charge in [-0.1, -0.05) is 0 Å². The Hall–Kier alpha value is -0.915. The average molecular weight is 186 g/mol. The Morgan fingerprint density at radius 3 is 2.93 bits per heavy atom. The number of hydrogen-bond donors (Lipinski definition) is 0. The molecule has 2 unspecified atom stereocenters. The zero-order chi connectivity index (χ0) is 10.3. The third-order valence-electron chi connectivity index (χ3n) is 3.55. The molecule has 0 bridgehead atoms. The zero-order valence-corrected chi connectivity index (χ0v) is 8.84. The van der Waals surface area contributed by atoms with Gasteiger partial charge >= 0.3 is 85.2 Å². The fourth-order valence-corrected chi connectivity index (χ4v) is 2.74. The van der Waals surface area contributed by atoms with Gasteiger partial charge in [-0.25, -0.2) is 0 Å². The number of Topliss-reactive ketones (excluding diaryl/α,β-unsaturated/α-hetero) is 1. The van der Waals surface area contributed by atoms with Gasteiger partial charge in [0.05, 0.1) is 0 Å². The second kappa shape index (κ2) is 3.34. The van der Waals surface area contributed by atoms with Crippen LogP contribution in [0.1, 0.15) is 26.7 Å². The topological polar surface area (TPSA) is 17.1 Å². The van der Waals surface area contributed by atoms with Crippen LogP contribution in [0, 0.1) is 11.8 Å². The number of allylic oxidation sites excluding steroid dienone is 4.